The number of hydrogen-bond donors (Lipinski definition) is 0. The molecule has 0 bridgehead atoms. The molecule has 0 aliphatic carbocycles. The van der Waals surface area contributed by atoms with Gasteiger partial charge in [0.15, 0.2) is 0 Å². The minimum Gasteiger partial charge on any atom is -0.497 e. The molecule has 0 saturated carbocycles. The van der Waals surface area contributed by atoms with Crippen molar-refractivity contribution in [1.82, 2.24) is 9.97 Å². The lowest BCUT2D eigenvalue weighted by Crippen LogP contribution is -2.31. The Kier molecular flexibility index (Phi) is 26.5. The summed E-state index contributed by atoms with van der Waals surface area (Å²) in [5.41, 5.74) is 2.49. The fourth-order valence-electron chi connectivity index (χ4n) is 8.33. The van der Waals surface area contributed by atoms with Gasteiger partial charge in [-0.3, -0.25) is 9.97 Å². The Balaban J connectivity index is 0.000000454. The number of nitrogens with zero attached hydrogens (tertiary/aromatic N) is 6. The van der Waals surface area contributed by atoms with Crippen molar-refractivity contribution in [3.05, 3.63) is 125 Å². The van der Waals surface area contributed by atoms with Crippen molar-refractivity contribution in [3.8, 4) is 30.0 Å². The van der Waals surface area contributed by atoms with E-state index in [0.717, 1.165) is 59.7 Å². The highest BCUT2D eigenvalue weighted by Crippen LogP contribution is 2.39. The average molecular weight is 921 g/mol. The summed E-state index contributed by atoms with van der Waals surface area (Å²) in [4.78, 5) is 50.5. The van der Waals surface area contributed by atoms with E-state index in [1.807, 2.05) is 122 Å². The van der Waals surface area contributed by atoms with Gasteiger partial charge in [0.2, 0.25) is 0 Å². The normalized spacial score (nSPS) is 14.0. The second kappa shape index (κ2) is 30.5. The first-order chi connectivity index (χ1) is 32.5. The van der Waals surface area contributed by atoms with Gasteiger partial charge in [-0.1, -0.05) is 111 Å². The Bertz CT molecular complexity index is 2110. The number of carbonyl (C=O) groups excluding carboxylic acids is 4. The molecule has 0 amide bonds. The van der Waals surface area contributed by atoms with Gasteiger partial charge in [-0.25, -0.2) is 0 Å². The largest absolute Gasteiger partial charge is 0.497 e. The average Bonchev–Trinajstić information content (AvgIpc) is 3.36. The van der Waals surface area contributed by atoms with Crippen LogP contribution in [0.1, 0.15) is 142 Å². The van der Waals surface area contributed by atoms with Crippen LogP contribution in [0.15, 0.2) is 97.5 Å². The summed E-state index contributed by atoms with van der Waals surface area (Å²) in [5.74, 6) is 1.39. The quantitative estimate of drug-likeness (QED) is 0.0679. The zero-order chi connectivity index (χ0) is 51.2. The van der Waals surface area contributed by atoms with Crippen molar-refractivity contribution < 1.29 is 23.9 Å². The second-order valence-corrected chi connectivity index (χ2v) is 18.0. The minimum atomic E-state index is -0.651. The molecule has 4 aromatic rings. The smallest absolute Gasteiger partial charge is 0.120 e. The van der Waals surface area contributed by atoms with Crippen LogP contribution in [-0.4, -0.2) is 42.2 Å². The van der Waals surface area contributed by atoms with Gasteiger partial charge in [0.05, 0.1) is 53.3 Å². The van der Waals surface area contributed by atoms with Crippen molar-refractivity contribution in [2.24, 2.45) is 23.7 Å². The summed E-state index contributed by atoms with van der Waals surface area (Å²) >= 11 is 0. The molecular weight excluding hydrogens is 849 g/mol. The predicted octanol–water partition coefficient (Wildman–Crippen LogP) is 11.7. The molecule has 4 rings (SSSR count). The Morgan fingerprint density at radius 3 is 1.22 bits per heavy atom. The van der Waals surface area contributed by atoms with Gasteiger partial charge in [-0.05, 0) is 108 Å². The zero-order valence-corrected chi connectivity index (χ0v) is 41.9. The molecule has 4 atom stereocenters. The number of pyridine rings is 2. The lowest BCUT2D eigenvalue weighted by molar-refractivity contribution is -0.108. The van der Waals surface area contributed by atoms with E-state index in [1.54, 1.807) is 25.7 Å². The third kappa shape index (κ3) is 15.6. The highest BCUT2D eigenvalue weighted by atomic mass is 16.5. The fourth-order valence-corrected chi connectivity index (χ4v) is 8.33. The van der Waals surface area contributed by atoms with Gasteiger partial charge in [-0.15, -0.1) is 0 Å². The molecule has 68 heavy (non-hydrogen) atoms. The SMILES string of the molecule is CC(C)C(C#N)(CCC=O)c1ccccn1.CC(C)C(C#N)(CCC=O)c1cccnc1.CCc1ccc(C(C#N)(CCC=O)C(C)C)cc1.COc1ccc(C(C#N)(CCC=O)C(C)C)cc1. The molecule has 4 unspecified atom stereocenters. The Hall–Kier alpha value is -6.82. The standard InChI is InChI=1S/C16H21NO.C15H19NO2.2C13H16N2O/c1-4-14-6-8-15(9-7-14)16(12-17,13(2)3)10-5-11-18;1-12(2)15(11-16,9-4-10-17)13-5-7-14(18-3)8-6-13;1-11(2)13(10-14,6-4-8-16)12-5-3-7-15-9-12;1-11(2)13(10-14,7-5-9-16)12-6-3-4-8-15-12/h6-9,11,13H,4-5,10H2,1-3H3;5-8,10,12H,4,9H2,1-3H3;3,5,7-9,11H,4,6H2,1-2H3;3-4,6,8-9,11H,5,7H2,1-2H3. The molecule has 11 heteroatoms. The zero-order valence-electron chi connectivity index (χ0n) is 41.9. The van der Waals surface area contributed by atoms with Crippen LogP contribution in [0.25, 0.3) is 0 Å². The molecule has 2 heterocycles. The molecule has 0 radical (unpaired) electrons. The van der Waals surface area contributed by atoms with E-state index in [-0.39, 0.29) is 23.7 Å². The van der Waals surface area contributed by atoms with Gasteiger partial charge >= 0.3 is 0 Å². The maximum atomic E-state index is 10.6. The molecule has 2 aromatic carbocycles. The van der Waals surface area contributed by atoms with Crippen LogP contribution in [0.5, 0.6) is 5.75 Å². The highest BCUT2D eigenvalue weighted by molar-refractivity contribution is 5.52. The highest BCUT2D eigenvalue weighted by Gasteiger charge is 2.38. The van der Waals surface area contributed by atoms with Gasteiger partial charge in [0.1, 0.15) is 36.3 Å². The molecule has 0 aliphatic heterocycles. The molecule has 0 saturated heterocycles. The molecule has 0 aliphatic rings. The third-order valence-corrected chi connectivity index (χ3v) is 13.1. The number of aryl methyl sites for hydroxylation is 1. The van der Waals surface area contributed by atoms with E-state index in [0.29, 0.717) is 51.4 Å². The Morgan fingerprint density at radius 2 is 0.912 bits per heavy atom. The molecule has 2 aromatic heterocycles. The number of methoxy groups -OCH3 is 1. The van der Waals surface area contributed by atoms with Gasteiger partial charge in [0, 0.05) is 44.3 Å². The summed E-state index contributed by atoms with van der Waals surface area (Å²) in [7, 11) is 1.61. The first-order valence-electron chi connectivity index (χ1n) is 23.5. The monoisotopic (exact) mass is 921 g/mol. The third-order valence-electron chi connectivity index (χ3n) is 13.1. The van der Waals surface area contributed by atoms with E-state index in [9.17, 15) is 40.2 Å². The number of rotatable bonds is 22. The fraction of sp³-hybridized carbons (Fsp3) is 0.474. The summed E-state index contributed by atoms with van der Waals surface area (Å²) in [5, 5.41) is 38.0. The number of nitriles is 4. The van der Waals surface area contributed by atoms with E-state index >= 15 is 0 Å². The van der Waals surface area contributed by atoms with E-state index in [1.165, 1.54) is 5.56 Å². The van der Waals surface area contributed by atoms with Crippen LogP contribution in [0, 0.1) is 69.0 Å². The number of aromatic nitrogens is 2. The van der Waals surface area contributed by atoms with Crippen molar-refractivity contribution in [3.63, 3.8) is 0 Å². The molecular formula is C57H72N6O5. The van der Waals surface area contributed by atoms with E-state index in [2.05, 4.69) is 53.3 Å². The summed E-state index contributed by atoms with van der Waals surface area (Å²) < 4.78 is 5.12. The van der Waals surface area contributed by atoms with Crippen molar-refractivity contribution in [2.75, 3.05) is 7.11 Å². The number of benzene rings is 2. The number of hydrogen-bond acceptors (Lipinski definition) is 11. The van der Waals surface area contributed by atoms with Gasteiger partial charge < -0.3 is 23.9 Å². The van der Waals surface area contributed by atoms with Crippen molar-refractivity contribution in [1.29, 1.82) is 21.0 Å². The van der Waals surface area contributed by atoms with Gasteiger partial charge in [-0.2, -0.15) is 21.0 Å². The molecule has 0 spiro atoms. The maximum Gasteiger partial charge on any atom is 0.120 e. The van der Waals surface area contributed by atoms with Crippen LogP contribution < -0.4 is 4.74 Å². The summed E-state index contributed by atoms with van der Waals surface area (Å²) in [6.45, 7) is 18.2. The number of carbonyl (C=O) groups is 4. The first-order valence-corrected chi connectivity index (χ1v) is 23.5. The van der Waals surface area contributed by atoms with E-state index < -0.39 is 21.7 Å². The Morgan fingerprint density at radius 1 is 0.515 bits per heavy atom. The first kappa shape index (κ1) is 59.2. The van der Waals surface area contributed by atoms with Crippen LogP contribution in [0.3, 0.4) is 0 Å². The van der Waals surface area contributed by atoms with Crippen molar-refractivity contribution >= 4 is 25.1 Å². The molecule has 0 N–H and O–H groups in total. The number of aldehydes is 4. The summed E-state index contributed by atoms with van der Waals surface area (Å²) in [6, 6.07) is 34.6. The maximum absolute atomic E-state index is 10.6. The lowest BCUT2D eigenvalue weighted by atomic mass is 9.70. The van der Waals surface area contributed by atoms with Gasteiger partial charge in [0.25, 0.3) is 0 Å². The topological polar surface area (TPSA) is 198 Å². The predicted molar refractivity (Wildman–Crippen MR) is 267 cm³/mol. The van der Waals surface area contributed by atoms with Crippen LogP contribution in [0.4, 0.5) is 0 Å². The van der Waals surface area contributed by atoms with Crippen LogP contribution in [-0.2, 0) is 47.3 Å². The number of ether oxygens (including phenoxy) is 1. The van der Waals surface area contributed by atoms with E-state index in [4.69, 9.17) is 4.74 Å². The molecule has 11 nitrogen and oxygen atoms in total. The minimum absolute atomic E-state index is 0.132. The van der Waals surface area contributed by atoms with Crippen molar-refractivity contribution in [2.45, 2.75) is 142 Å². The molecule has 360 valence electrons. The van der Waals surface area contributed by atoms with Crippen LogP contribution in [0.2, 0.25) is 0 Å². The Labute approximate surface area is 406 Å². The summed E-state index contributed by atoms with van der Waals surface area (Å²) in [6.07, 6.45) is 13.4. The lowest BCUT2D eigenvalue weighted by Gasteiger charge is -2.31. The van der Waals surface area contributed by atoms with Crippen LogP contribution >= 0.6 is 0 Å². The molecule has 0 fully saturated rings. The second-order valence-electron chi connectivity index (χ2n) is 18.0.